The number of amides is 2. The molecule has 0 atom stereocenters. The molecule has 0 bridgehead atoms. The van der Waals surface area contributed by atoms with Crippen LogP contribution in [0.15, 0.2) is 54.9 Å². The molecule has 2 heterocycles. The van der Waals surface area contributed by atoms with Crippen LogP contribution in [0.2, 0.25) is 10.0 Å². The smallest absolute Gasteiger partial charge is 0.266 e. The van der Waals surface area contributed by atoms with Crippen molar-refractivity contribution in [1.29, 1.82) is 0 Å². The quantitative estimate of drug-likeness (QED) is 0.369. The number of nitrogens with one attached hydrogen (secondary N) is 1. The molecule has 3 aromatic rings. The fourth-order valence-corrected chi connectivity index (χ4v) is 5.23. The van der Waals surface area contributed by atoms with Crippen LogP contribution in [0.4, 0.5) is 11.4 Å². The van der Waals surface area contributed by atoms with E-state index >= 15 is 0 Å². The van der Waals surface area contributed by atoms with Crippen LogP contribution < -0.4 is 19.9 Å². The number of carbonyl (C=O) groups excluding carboxylic acids is 2. The molecule has 5 rings (SSSR count). The van der Waals surface area contributed by atoms with E-state index in [1.54, 1.807) is 11.0 Å². The van der Waals surface area contributed by atoms with E-state index in [2.05, 4.69) is 15.2 Å². The molecule has 0 radical (unpaired) electrons. The zero-order valence-corrected chi connectivity index (χ0v) is 22.8. The number of ether oxygens (including phenoxy) is 1. The van der Waals surface area contributed by atoms with Crippen LogP contribution in [-0.4, -0.2) is 61.2 Å². The van der Waals surface area contributed by atoms with Gasteiger partial charge in [0.2, 0.25) is 0 Å². The minimum atomic E-state index is -4.23. The van der Waals surface area contributed by atoms with Gasteiger partial charge in [0.25, 0.3) is 21.9 Å². The Morgan fingerprint density at radius 3 is 2.49 bits per heavy atom. The number of fused-ring (bicyclic) bond motifs is 1. The number of halogens is 2. The maximum absolute atomic E-state index is 13.7. The van der Waals surface area contributed by atoms with Crippen molar-refractivity contribution in [2.45, 2.75) is 18.9 Å². The largest absolute Gasteiger partial charge is 0.455 e. The number of nitrogens with zero attached hydrogens (tertiary/aromatic N) is 3. The third kappa shape index (κ3) is 6.11. The molecule has 39 heavy (non-hydrogen) atoms. The zero-order valence-electron chi connectivity index (χ0n) is 20.5. The molecule has 1 aliphatic heterocycles. The van der Waals surface area contributed by atoms with Gasteiger partial charge in [0.1, 0.15) is 17.1 Å². The molecule has 1 aromatic heterocycles. The van der Waals surface area contributed by atoms with Crippen LogP contribution in [0.5, 0.6) is 11.5 Å². The molecular weight excluding hydrogens is 567 g/mol. The Hall–Kier alpha value is -3.38. The first-order valence-corrected chi connectivity index (χ1v) is 14.5. The Labute approximate surface area is 235 Å². The highest BCUT2D eigenvalue weighted by molar-refractivity contribution is 7.85. The predicted octanol–water partition coefficient (Wildman–Crippen LogP) is 4.43. The number of para-hydroxylation sites is 2. The zero-order chi connectivity index (χ0) is 27.7. The summed E-state index contributed by atoms with van der Waals surface area (Å²) in [6.07, 6.45) is 5.21. The molecule has 0 saturated heterocycles. The number of hydrogen-bond acceptors (Lipinski definition) is 7. The van der Waals surface area contributed by atoms with E-state index in [-0.39, 0.29) is 45.1 Å². The summed E-state index contributed by atoms with van der Waals surface area (Å²) in [6.45, 7) is 0.915. The Balaban J connectivity index is 1.37. The van der Waals surface area contributed by atoms with Gasteiger partial charge in [-0.05, 0) is 37.1 Å². The summed E-state index contributed by atoms with van der Waals surface area (Å²) in [5.41, 5.74) is 2.05. The average molecular weight is 591 g/mol. The van der Waals surface area contributed by atoms with Crippen LogP contribution in [0.3, 0.4) is 0 Å². The maximum Gasteiger partial charge on any atom is 0.266 e. The molecule has 2 amide bonds. The van der Waals surface area contributed by atoms with E-state index in [9.17, 15) is 18.0 Å². The summed E-state index contributed by atoms with van der Waals surface area (Å²) in [5, 5.41) is 2.38. The number of anilines is 2. The van der Waals surface area contributed by atoms with E-state index < -0.39 is 21.8 Å². The van der Waals surface area contributed by atoms with Crippen LogP contribution in [0.25, 0.3) is 0 Å². The number of rotatable bonds is 8. The van der Waals surface area contributed by atoms with Crippen LogP contribution in [-0.2, 0) is 10.1 Å². The molecule has 1 aliphatic carbocycles. The summed E-state index contributed by atoms with van der Waals surface area (Å²) < 4.78 is 36.6. The van der Waals surface area contributed by atoms with Crippen LogP contribution in [0.1, 0.15) is 33.6 Å². The standard InChI is InChI=1S/C26H24Cl2N4O6S/c27-19-14-24(20(28)13-17(19)25(33)30-9-12-39(35,36)37)38-23-7-8-29-15-18(23)26(34)32-11-10-31(16-5-6-16)21-3-1-2-4-22(21)32/h1-4,7-8,13-16H,5-6,9-12H2,(H,30,33)(H,35,36,37). The summed E-state index contributed by atoms with van der Waals surface area (Å²) in [6, 6.07) is 12.5. The highest BCUT2D eigenvalue weighted by Gasteiger charge is 2.36. The summed E-state index contributed by atoms with van der Waals surface area (Å²) in [7, 11) is -4.23. The second kappa shape index (κ2) is 11.0. The number of pyridine rings is 1. The lowest BCUT2D eigenvalue weighted by molar-refractivity contribution is 0.0954. The van der Waals surface area contributed by atoms with Crippen molar-refractivity contribution in [1.82, 2.24) is 10.3 Å². The number of carbonyl (C=O) groups is 2. The molecule has 0 unspecified atom stereocenters. The lowest BCUT2D eigenvalue weighted by Crippen LogP contribution is -2.45. The van der Waals surface area contributed by atoms with E-state index in [4.69, 9.17) is 32.5 Å². The topological polar surface area (TPSA) is 129 Å². The Morgan fingerprint density at radius 1 is 1.03 bits per heavy atom. The van der Waals surface area contributed by atoms with Gasteiger partial charge in [0.05, 0.1) is 32.7 Å². The van der Waals surface area contributed by atoms with Gasteiger partial charge in [-0.2, -0.15) is 8.42 Å². The van der Waals surface area contributed by atoms with Crippen molar-refractivity contribution in [3.05, 3.63) is 76.0 Å². The lowest BCUT2D eigenvalue weighted by Gasteiger charge is -2.38. The predicted molar refractivity (Wildman–Crippen MR) is 148 cm³/mol. The minimum absolute atomic E-state index is 0.00851. The van der Waals surface area contributed by atoms with Crippen molar-refractivity contribution in [3.8, 4) is 11.5 Å². The fraction of sp³-hybridized carbons (Fsp3) is 0.269. The van der Waals surface area contributed by atoms with Crippen molar-refractivity contribution in [2.75, 3.05) is 35.2 Å². The normalized spacial score (nSPS) is 15.1. The third-order valence-corrected chi connectivity index (χ3v) is 7.75. The van der Waals surface area contributed by atoms with E-state index in [0.29, 0.717) is 12.6 Å². The molecule has 1 saturated carbocycles. The molecule has 13 heteroatoms. The van der Waals surface area contributed by atoms with E-state index in [1.807, 2.05) is 24.3 Å². The molecule has 10 nitrogen and oxygen atoms in total. The Kier molecular flexibility index (Phi) is 7.68. The van der Waals surface area contributed by atoms with Gasteiger partial charge in [0, 0.05) is 44.1 Å². The maximum atomic E-state index is 13.7. The van der Waals surface area contributed by atoms with Crippen molar-refractivity contribution in [2.24, 2.45) is 0 Å². The van der Waals surface area contributed by atoms with Gasteiger partial charge in [-0.1, -0.05) is 35.3 Å². The van der Waals surface area contributed by atoms with Crippen molar-refractivity contribution < 1.29 is 27.3 Å². The molecule has 1 fully saturated rings. The van der Waals surface area contributed by atoms with E-state index in [1.165, 1.54) is 24.5 Å². The van der Waals surface area contributed by atoms with Gasteiger partial charge in [-0.3, -0.25) is 19.1 Å². The number of hydrogen-bond donors (Lipinski definition) is 2. The second-order valence-electron chi connectivity index (χ2n) is 9.15. The molecule has 2 N–H and O–H groups in total. The number of aromatic nitrogens is 1. The SMILES string of the molecule is O=C(NCCS(=O)(=O)O)c1cc(Cl)c(Oc2ccncc2C(=O)N2CCN(C3CC3)c3ccccc32)cc1Cl. The van der Waals surface area contributed by atoms with Gasteiger partial charge >= 0.3 is 0 Å². The first-order chi connectivity index (χ1) is 18.6. The summed E-state index contributed by atoms with van der Waals surface area (Å²) in [5.74, 6) is -1.29. The molecule has 204 valence electrons. The highest BCUT2D eigenvalue weighted by atomic mass is 35.5. The third-order valence-electron chi connectivity index (χ3n) is 6.42. The van der Waals surface area contributed by atoms with Gasteiger partial charge < -0.3 is 19.9 Å². The highest BCUT2D eigenvalue weighted by Crippen LogP contribution is 2.41. The van der Waals surface area contributed by atoms with Crippen LogP contribution in [0, 0.1) is 0 Å². The molecule has 0 spiro atoms. The molecular formula is C26H24Cl2N4O6S. The summed E-state index contributed by atoms with van der Waals surface area (Å²) in [4.78, 5) is 34.4. The summed E-state index contributed by atoms with van der Waals surface area (Å²) >= 11 is 12.7. The monoisotopic (exact) mass is 590 g/mol. The minimum Gasteiger partial charge on any atom is -0.455 e. The fourth-order valence-electron chi connectivity index (χ4n) is 4.43. The van der Waals surface area contributed by atoms with Crippen molar-refractivity contribution in [3.63, 3.8) is 0 Å². The average Bonchev–Trinajstić information content (AvgIpc) is 3.74. The van der Waals surface area contributed by atoms with Gasteiger partial charge in [-0.15, -0.1) is 0 Å². The molecule has 2 aliphatic rings. The van der Waals surface area contributed by atoms with Crippen LogP contribution >= 0.6 is 23.2 Å². The van der Waals surface area contributed by atoms with Gasteiger partial charge in [-0.25, -0.2) is 0 Å². The molecule has 2 aromatic carbocycles. The van der Waals surface area contributed by atoms with E-state index in [0.717, 1.165) is 30.8 Å². The Morgan fingerprint density at radius 2 is 1.77 bits per heavy atom. The second-order valence-corrected chi connectivity index (χ2v) is 11.5. The number of benzene rings is 2. The first kappa shape index (κ1) is 27.2. The van der Waals surface area contributed by atoms with Gasteiger partial charge in [0.15, 0.2) is 0 Å². The first-order valence-electron chi connectivity index (χ1n) is 12.1. The lowest BCUT2D eigenvalue weighted by atomic mass is 10.1. The van der Waals surface area contributed by atoms with Crippen molar-refractivity contribution >= 4 is 56.5 Å². The Bertz CT molecular complexity index is 1550.